The molecule has 92 valence electrons. The summed E-state index contributed by atoms with van der Waals surface area (Å²) in [7, 11) is 0. The molecule has 0 heterocycles. The quantitative estimate of drug-likeness (QED) is 0.670. The van der Waals surface area contributed by atoms with Gasteiger partial charge in [0.15, 0.2) is 0 Å². The summed E-state index contributed by atoms with van der Waals surface area (Å²) in [4.78, 5) is 0. The maximum Gasteiger partial charge on any atom is 0.0861 e. The van der Waals surface area contributed by atoms with Gasteiger partial charge in [-0.1, -0.05) is 24.0 Å². The van der Waals surface area contributed by atoms with E-state index in [1.165, 1.54) is 5.56 Å². The van der Waals surface area contributed by atoms with Crippen LogP contribution in [0.3, 0.4) is 0 Å². The molecule has 0 aliphatic heterocycles. The highest BCUT2D eigenvalue weighted by atomic mass is 32.2. The number of hydrogen-bond acceptors (Lipinski definition) is 4. The van der Waals surface area contributed by atoms with Crippen LogP contribution in [0.4, 0.5) is 0 Å². The summed E-state index contributed by atoms with van der Waals surface area (Å²) in [6, 6.07) is 7.94. The zero-order valence-electron chi connectivity index (χ0n) is 9.60. The molecular formula is C13H17NO2S. The van der Waals surface area contributed by atoms with Crippen molar-refractivity contribution in [2.45, 2.75) is 11.9 Å². The minimum absolute atomic E-state index is 0.180. The zero-order valence-corrected chi connectivity index (χ0v) is 10.4. The molecule has 1 atom stereocenters. The molecular weight excluding hydrogens is 234 g/mol. The first-order valence-electron chi connectivity index (χ1n) is 5.40. The van der Waals surface area contributed by atoms with E-state index in [1.54, 1.807) is 11.8 Å². The van der Waals surface area contributed by atoms with Crippen LogP contribution < -0.4 is 5.73 Å². The molecule has 0 aliphatic rings. The van der Waals surface area contributed by atoms with Gasteiger partial charge in [-0.3, -0.25) is 0 Å². The van der Waals surface area contributed by atoms with Crippen molar-refractivity contribution in [3.05, 3.63) is 35.4 Å². The van der Waals surface area contributed by atoms with Crippen molar-refractivity contribution in [3.8, 4) is 11.8 Å². The van der Waals surface area contributed by atoms with E-state index in [9.17, 15) is 5.11 Å². The summed E-state index contributed by atoms with van der Waals surface area (Å²) in [5, 5.41) is 17.8. The average Bonchev–Trinajstić information content (AvgIpc) is 2.37. The molecule has 0 saturated carbocycles. The fraction of sp³-hybridized carbons (Fsp3) is 0.385. The number of rotatable bonds is 5. The first kappa shape index (κ1) is 14.1. The highest BCUT2D eigenvalue weighted by molar-refractivity contribution is 7.98. The van der Waals surface area contributed by atoms with E-state index >= 15 is 0 Å². The summed E-state index contributed by atoms with van der Waals surface area (Å²) in [5.41, 5.74) is 7.43. The molecule has 17 heavy (non-hydrogen) atoms. The summed E-state index contributed by atoms with van der Waals surface area (Å²) >= 11 is 1.60. The molecule has 0 aromatic heterocycles. The highest BCUT2D eigenvalue weighted by Gasteiger charge is 2.01. The van der Waals surface area contributed by atoms with Crippen LogP contribution in [0.25, 0.3) is 0 Å². The molecule has 1 rings (SSSR count). The normalized spacial score (nSPS) is 11.7. The van der Waals surface area contributed by atoms with Crippen molar-refractivity contribution < 1.29 is 10.2 Å². The number of nitrogens with two attached hydrogens (primary N) is 1. The van der Waals surface area contributed by atoms with Gasteiger partial charge in [0, 0.05) is 17.1 Å². The summed E-state index contributed by atoms with van der Waals surface area (Å²) in [6.07, 6.45) is -0.630. The predicted octanol–water partition coefficient (Wildman–Crippen LogP) is 0.583. The molecule has 4 N–H and O–H groups in total. The third kappa shape index (κ3) is 5.76. The number of aliphatic hydroxyl groups excluding tert-OH is 2. The van der Waals surface area contributed by atoms with Crippen LogP contribution in [0.5, 0.6) is 0 Å². The molecule has 1 aromatic rings. The van der Waals surface area contributed by atoms with Gasteiger partial charge < -0.3 is 15.9 Å². The maximum atomic E-state index is 9.18. The number of aliphatic hydroxyl groups is 2. The van der Waals surface area contributed by atoms with Crippen molar-refractivity contribution in [2.24, 2.45) is 5.73 Å². The first-order chi connectivity index (χ1) is 8.26. The van der Waals surface area contributed by atoms with Gasteiger partial charge in [-0.15, -0.1) is 0 Å². The van der Waals surface area contributed by atoms with E-state index in [2.05, 4.69) is 11.8 Å². The molecule has 0 aliphatic carbocycles. The van der Waals surface area contributed by atoms with Crippen molar-refractivity contribution >= 4 is 11.8 Å². The van der Waals surface area contributed by atoms with Crippen molar-refractivity contribution in [2.75, 3.05) is 18.9 Å². The zero-order chi connectivity index (χ0) is 12.5. The minimum Gasteiger partial charge on any atom is -0.394 e. The Hall–Kier alpha value is -0.990. The van der Waals surface area contributed by atoms with Gasteiger partial charge in [-0.25, -0.2) is 0 Å². The monoisotopic (exact) mass is 251 g/mol. The Morgan fingerprint density at radius 2 is 2.00 bits per heavy atom. The number of hydrogen-bond donors (Lipinski definition) is 3. The largest absolute Gasteiger partial charge is 0.394 e. The molecule has 1 unspecified atom stereocenters. The Kier molecular flexibility index (Phi) is 6.75. The summed E-state index contributed by atoms with van der Waals surface area (Å²) < 4.78 is 0. The average molecular weight is 251 g/mol. The van der Waals surface area contributed by atoms with Gasteiger partial charge in [0.05, 0.1) is 19.3 Å². The Morgan fingerprint density at radius 1 is 1.29 bits per heavy atom. The smallest absolute Gasteiger partial charge is 0.0861 e. The SMILES string of the molecule is NCC#Cc1ccc(CSCC(O)CO)cc1. The van der Waals surface area contributed by atoms with Gasteiger partial charge in [-0.05, 0) is 17.7 Å². The third-order valence-electron chi connectivity index (χ3n) is 2.08. The molecule has 0 fully saturated rings. The summed E-state index contributed by atoms with van der Waals surface area (Å²) in [5.74, 6) is 7.13. The van der Waals surface area contributed by atoms with E-state index in [1.807, 2.05) is 24.3 Å². The van der Waals surface area contributed by atoms with Crippen molar-refractivity contribution in [1.82, 2.24) is 0 Å². The standard InChI is InChI=1S/C13H17NO2S/c14-7-1-2-11-3-5-12(6-4-11)9-17-10-13(16)8-15/h3-6,13,15-16H,7-10,14H2. The van der Waals surface area contributed by atoms with Gasteiger partial charge in [0.2, 0.25) is 0 Å². The van der Waals surface area contributed by atoms with E-state index in [0.717, 1.165) is 11.3 Å². The van der Waals surface area contributed by atoms with Gasteiger partial charge >= 0.3 is 0 Å². The lowest BCUT2D eigenvalue weighted by molar-refractivity contribution is 0.113. The lowest BCUT2D eigenvalue weighted by Gasteiger charge is -2.06. The molecule has 4 heteroatoms. The van der Waals surface area contributed by atoms with E-state index in [4.69, 9.17) is 10.8 Å². The second kappa shape index (κ2) is 8.15. The highest BCUT2D eigenvalue weighted by Crippen LogP contribution is 2.13. The molecule has 0 radical (unpaired) electrons. The van der Waals surface area contributed by atoms with E-state index < -0.39 is 6.10 Å². The molecule has 0 bridgehead atoms. The Balaban J connectivity index is 2.40. The lowest BCUT2D eigenvalue weighted by atomic mass is 10.1. The molecule has 0 saturated heterocycles. The van der Waals surface area contributed by atoms with Crippen molar-refractivity contribution in [1.29, 1.82) is 0 Å². The molecule has 1 aromatic carbocycles. The number of thioether (sulfide) groups is 1. The molecule has 3 nitrogen and oxygen atoms in total. The van der Waals surface area contributed by atoms with Crippen LogP contribution in [0.15, 0.2) is 24.3 Å². The summed E-state index contributed by atoms with van der Waals surface area (Å²) in [6.45, 7) is 0.192. The Bertz CT molecular complexity index is 381. The Morgan fingerprint density at radius 3 is 2.59 bits per heavy atom. The van der Waals surface area contributed by atoms with E-state index in [-0.39, 0.29) is 6.61 Å². The second-order valence-electron chi connectivity index (χ2n) is 3.55. The van der Waals surface area contributed by atoms with Crippen LogP contribution in [0, 0.1) is 11.8 Å². The molecule has 0 spiro atoms. The van der Waals surface area contributed by atoms with Gasteiger partial charge in [-0.2, -0.15) is 11.8 Å². The first-order valence-corrected chi connectivity index (χ1v) is 6.56. The fourth-order valence-electron chi connectivity index (χ4n) is 1.20. The van der Waals surface area contributed by atoms with E-state index in [0.29, 0.717) is 12.3 Å². The Labute approximate surface area is 106 Å². The minimum atomic E-state index is -0.630. The third-order valence-corrected chi connectivity index (χ3v) is 3.24. The fourth-order valence-corrected chi connectivity index (χ4v) is 2.13. The van der Waals surface area contributed by atoms with Gasteiger partial charge in [0.1, 0.15) is 0 Å². The maximum absolute atomic E-state index is 9.18. The van der Waals surface area contributed by atoms with Gasteiger partial charge in [0.25, 0.3) is 0 Å². The lowest BCUT2D eigenvalue weighted by Crippen LogP contribution is -2.14. The second-order valence-corrected chi connectivity index (χ2v) is 4.58. The number of benzene rings is 1. The predicted molar refractivity (Wildman–Crippen MR) is 71.6 cm³/mol. The van der Waals surface area contributed by atoms with Crippen LogP contribution >= 0.6 is 11.8 Å². The van der Waals surface area contributed by atoms with Crippen molar-refractivity contribution in [3.63, 3.8) is 0 Å². The van der Waals surface area contributed by atoms with Crippen LogP contribution in [-0.4, -0.2) is 35.2 Å². The molecule has 0 amide bonds. The topological polar surface area (TPSA) is 66.5 Å². The van der Waals surface area contributed by atoms with Crippen LogP contribution in [-0.2, 0) is 5.75 Å². The van der Waals surface area contributed by atoms with Crippen LogP contribution in [0.1, 0.15) is 11.1 Å². The van der Waals surface area contributed by atoms with Crippen LogP contribution in [0.2, 0.25) is 0 Å².